The summed E-state index contributed by atoms with van der Waals surface area (Å²) >= 11 is 1.25. The van der Waals surface area contributed by atoms with Crippen LogP contribution in [0.2, 0.25) is 0 Å². The zero-order chi connectivity index (χ0) is 19.9. The van der Waals surface area contributed by atoms with Gasteiger partial charge in [0.05, 0.1) is 24.7 Å². The zero-order valence-electron chi connectivity index (χ0n) is 16.0. The molecule has 1 fully saturated rings. The molecule has 0 atom stereocenters. The molecule has 0 unspecified atom stereocenters. The third-order valence-electron chi connectivity index (χ3n) is 4.34. The molecule has 0 saturated carbocycles. The van der Waals surface area contributed by atoms with Gasteiger partial charge >= 0.3 is 6.03 Å². The van der Waals surface area contributed by atoms with Gasteiger partial charge in [0.25, 0.3) is 0 Å². The van der Waals surface area contributed by atoms with Crippen molar-refractivity contribution in [1.82, 2.24) is 25.4 Å². The normalized spacial score (nSPS) is 14.0. The molecule has 10 heteroatoms. The number of thioether (sulfide) groups is 1. The third-order valence-corrected chi connectivity index (χ3v) is 5.26. The number of nitrogens with one attached hydrogen (secondary N) is 2. The van der Waals surface area contributed by atoms with E-state index in [4.69, 9.17) is 4.74 Å². The Morgan fingerprint density at radius 3 is 2.68 bits per heavy atom. The first-order valence-corrected chi connectivity index (χ1v) is 10.1. The number of ether oxygens (including phenoxy) is 1. The number of rotatable bonds is 6. The number of morpholine rings is 1. The van der Waals surface area contributed by atoms with Gasteiger partial charge in [-0.2, -0.15) is 0 Å². The molecule has 1 aliphatic heterocycles. The number of imide groups is 1. The minimum Gasteiger partial charge on any atom is -0.378 e. The fraction of sp³-hybridized carbons (Fsp3) is 0.444. The minimum atomic E-state index is -0.530. The average Bonchev–Trinajstić information content (AvgIpc) is 3.16. The van der Waals surface area contributed by atoms with Gasteiger partial charge in [-0.3, -0.25) is 14.7 Å². The molecular formula is C18H24N6O3S. The number of urea groups is 1. The third kappa shape index (κ3) is 4.63. The van der Waals surface area contributed by atoms with E-state index in [1.165, 1.54) is 18.8 Å². The Kier molecular flexibility index (Phi) is 6.88. The first kappa shape index (κ1) is 20.2. The van der Waals surface area contributed by atoms with E-state index < -0.39 is 11.9 Å². The number of nitrogens with zero attached hydrogens (tertiary/aromatic N) is 4. The summed E-state index contributed by atoms with van der Waals surface area (Å²) in [6.45, 7) is 4.84. The number of benzene rings is 1. The summed E-state index contributed by atoms with van der Waals surface area (Å²) in [6.07, 6.45) is 0.859. The van der Waals surface area contributed by atoms with Crippen molar-refractivity contribution >= 4 is 29.6 Å². The van der Waals surface area contributed by atoms with Gasteiger partial charge < -0.3 is 15.0 Å². The lowest BCUT2D eigenvalue weighted by molar-refractivity contribution is -0.117. The Hall–Kier alpha value is -2.59. The maximum absolute atomic E-state index is 12.0. The van der Waals surface area contributed by atoms with Crippen LogP contribution >= 0.6 is 11.8 Å². The molecule has 2 N–H and O–H groups in total. The summed E-state index contributed by atoms with van der Waals surface area (Å²) in [5.41, 5.74) is 2.15. The van der Waals surface area contributed by atoms with Crippen molar-refractivity contribution in [1.29, 1.82) is 0 Å². The van der Waals surface area contributed by atoms with Crippen LogP contribution < -0.4 is 15.5 Å². The van der Waals surface area contributed by atoms with Gasteiger partial charge in [0.15, 0.2) is 5.16 Å². The van der Waals surface area contributed by atoms with E-state index >= 15 is 0 Å². The largest absolute Gasteiger partial charge is 0.378 e. The van der Waals surface area contributed by atoms with E-state index in [1.54, 1.807) is 0 Å². The molecule has 2 aromatic rings. The lowest BCUT2D eigenvalue weighted by atomic mass is 10.1. The number of carbonyl (C=O) groups is 2. The Labute approximate surface area is 167 Å². The Balaban J connectivity index is 1.90. The lowest BCUT2D eigenvalue weighted by Crippen LogP contribution is -2.38. The van der Waals surface area contributed by atoms with Gasteiger partial charge in [-0.25, -0.2) is 4.79 Å². The maximum Gasteiger partial charge on any atom is 0.321 e. The smallest absolute Gasteiger partial charge is 0.321 e. The molecular weight excluding hydrogens is 380 g/mol. The van der Waals surface area contributed by atoms with Gasteiger partial charge in [0, 0.05) is 20.1 Å². The minimum absolute atomic E-state index is 0.0585. The topological polar surface area (TPSA) is 101 Å². The van der Waals surface area contributed by atoms with E-state index in [9.17, 15) is 9.59 Å². The number of para-hydroxylation sites is 1. The summed E-state index contributed by atoms with van der Waals surface area (Å²) in [5.74, 6) is 0.400. The molecule has 28 heavy (non-hydrogen) atoms. The number of hydrogen-bond acceptors (Lipinski definition) is 7. The molecule has 1 saturated heterocycles. The highest BCUT2D eigenvalue weighted by Gasteiger charge is 2.23. The SMILES string of the molecule is CCc1ccccc1-n1c(SCC(=O)NC(=O)NC)nnc1N1CCOCC1. The monoisotopic (exact) mass is 404 g/mol. The van der Waals surface area contributed by atoms with Gasteiger partial charge in [-0.1, -0.05) is 36.9 Å². The highest BCUT2D eigenvalue weighted by atomic mass is 32.2. The molecule has 3 rings (SSSR count). The second-order valence-electron chi connectivity index (χ2n) is 6.12. The predicted molar refractivity (Wildman–Crippen MR) is 107 cm³/mol. The van der Waals surface area contributed by atoms with Crippen LogP contribution in [0.15, 0.2) is 29.4 Å². The van der Waals surface area contributed by atoms with Crippen LogP contribution in [0.1, 0.15) is 12.5 Å². The van der Waals surface area contributed by atoms with E-state index in [-0.39, 0.29) is 5.75 Å². The van der Waals surface area contributed by atoms with Crippen LogP contribution in [-0.2, 0) is 16.0 Å². The van der Waals surface area contributed by atoms with E-state index in [0.717, 1.165) is 36.7 Å². The second-order valence-corrected chi connectivity index (χ2v) is 7.06. The van der Waals surface area contributed by atoms with Crippen LogP contribution in [0.25, 0.3) is 5.69 Å². The first-order valence-electron chi connectivity index (χ1n) is 9.14. The van der Waals surface area contributed by atoms with Gasteiger partial charge in [0.2, 0.25) is 11.9 Å². The summed E-state index contributed by atoms with van der Waals surface area (Å²) in [6, 6.07) is 7.55. The Bertz CT molecular complexity index is 834. The maximum atomic E-state index is 12.0. The van der Waals surface area contributed by atoms with Crippen molar-refractivity contribution < 1.29 is 14.3 Å². The van der Waals surface area contributed by atoms with E-state index in [0.29, 0.717) is 18.4 Å². The molecule has 0 spiro atoms. The molecule has 0 radical (unpaired) electrons. The second kappa shape index (κ2) is 9.56. The zero-order valence-corrected chi connectivity index (χ0v) is 16.8. The fourth-order valence-electron chi connectivity index (χ4n) is 2.92. The predicted octanol–water partition coefficient (Wildman–Crippen LogP) is 1.21. The molecule has 1 aromatic heterocycles. The average molecular weight is 404 g/mol. The Morgan fingerprint density at radius 2 is 1.96 bits per heavy atom. The van der Waals surface area contributed by atoms with Crippen LogP contribution in [0.3, 0.4) is 0 Å². The lowest BCUT2D eigenvalue weighted by Gasteiger charge is -2.28. The van der Waals surface area contributed by atoms with E-state index in [1.807, 2.05) is 22.8 Å². The molecule has 0 aliphatic carbocycles. The molecule has 2 heterocycles. The number of carbonyl (C=O) groups excluding carboxylic acids is 2. The van der Waals surface area contributed by atoms with Crippen LogP contribution in [0, 0.1) is 0 Å². The summed E-state index contributed by atoms with van der Waals surface area (Å²) in [5, 5.41) is 14.0. The fourth-order valence-corrected chi connectivity index (χ4v) is 3.66. The van der Waals surface area contributed by atoms with Crippen molar-refractivity contribution in [2.45, 2.75) is 18.5 Å². The summed E-state index contributed by atoms with van der Waals surface area (Å²) < 4.78 is 7.44. The van der Waals surface area contributed by atoms with Crippen molar-refractivity contribution in [2.75, 3.05) is 44.0 Å². The number of amides is 3. The van der Waals surface area contributed by atoms with Crippen molar-refractivity contribution in [3.05, 3.63) is 29.8 Å². The molecule has 1 aliphatic rings. The van der Waals surface area contributed by atoms with Crippen LogP contribution in [-0.4, -0.2) is 65.8 Å². The Morgan fingerprint density at radius 1 is 1.21 bits per heavy atom. The summed E-state index contributed by atoms with van der Waals surface area (Å²) in [7, 11) is 1.46. The number of hydrogen-bond donors (Lipinski definition) is 2. The molecule has 150 valence electrons. The number of aromatic nitrogens is 3. The number of anilines is 1. The number of aryl methyl sites for hydroxylation is 1. The summed E-state index contributed by atoms with van der Waals surface area (Å²) in [4.78, 5) is 25.4. The van der Waals surface area contributed by atoms with E-state index in [2.05, 4.69) is 38.7 Å². The highest BCUT2D eigenvalue weighted by Crippen LogP contribution is 2.29. The van der Waals surface area contributed by atoms with Crippen LogP contribution in [0.4, 0.5) is 10.7 Å². The molecule has 0 bridgehead atoms. The standard InChI is InChI=1S/C18H24N6O3S/c1-3-13-6-4-5-7-14(13)24-17(23-8-10-27-11-9-23)21-22-18(24)28-12-15(25)20-16(26)19-2/h4-7H,3,8-12H2,1-2H3,(H2,19,20,25,26). The molecule has 3 amide bonds. The van der Waals surface area contributed by atoms with Crippen molar-refractivity contribution in [2.24, 2.45) is 0 Å². The first-order chi connectivity index (χ1) is 13.6. The molecule has 9 nitrogen and oxygen atoms in total. The van der Waals surface area contributed by atoms with Crippen molar-refractivity contribution in [3.63, 3.8) is 0 Å². The van der Waals surface area contributed by atoms with Gasteiger partial charge in [0.1, 0.15) is 0 Å². The molecule has 1 aromatic carbocycles. The van der Waals surface area contributed by atoms with Crippen molar-refractivity contribution in [3.8, 4) is 5.69 Å². The van der Waals surface area contributed by atoms with Gasteiger partial charge in [-0.15, -0.1) is 10.2 Å². The van der Waals surface area contributed by atoms with Crippen LogP contribution in [0.5, 0.6) is 0 Å². The van der Waals surface area contributed by atoms with Gasteiger partial charge in [-0.05, 0) is 18.1 Å². The highest BCUT2D eigenvalue weighted by molar-refractivity contribution is 7.99. The quantitative estimate of drug-likeness (QED) is 0.698.